The molecule has 0 fully saturated rings. The van der Waals surface area contributed by atoms with E-state index in [1.807, 2.05) is 0 Å². The third-order valence-electron chi connectivity index (χ3n) is 11.2. The molecule has 1 N–H and O–H groups in total. The Labute approximate surface area is 285 Å². The number of carbonyl (C=O) groups is 1. The van der Waals surface area contributed by atoms with Gasteiger partial charge >= 0.3 is 5.97 Å². The fourth-order valence-electron chi connectivity index (χ4n) is 9.00. The number of benzene rings is 2. The van der Waals surface area contributed by atoms with Gasteiger partial charge in [-0.15, -0.1) is 0 Å². The molecule has 0 amide bonds. The van der Waals surface area contributed by atoms with E-state index in [-0.39, 0.29) is 17.3 Å². The van der Waals surface area contributed by atoms with Gasteiger partial charge < -0.3 is 10.0 Å². The van der Waals surface area contributed by atoms with Crippen LogP contribution in [0.2, 0.25) is 0 Å². The van der Waals surface area contributed by atoms with Crippen molar-refractivity contribution in [1.82, 2.24) is 0 Å². The smallest absolute Gasteiger partial charge is 0.303 e. The fourth-order valence-corrected chi connectivity index (χ4v) is 9.31. The van der Waals surface area contributed by atoms with E-state index in [1.54, 1.807) is 16.7 Å². The second-order valence-electron chi connectivity index (χ2n) is 14.9. The molecule has 4 nitrogen and oxygen atoms in total. The van der Waals surface area contributed by atoms with E-state index in [0.717, 1.165) is 36.7 Å². The highest BCUT2D eigenvalue weighted by Crippen LogP contribution is 2.50. The lowest BCUT2D eigenvalue weighted by molar-refractivity contribution is -0.440. The Bertz CT molecular complexity index is 1650. The zero-order chi connectivity index (χ0) is 32.6. The third-order valence-corrected chi connectivity index (χ3v) is 11.8. The van der Waals surface area contributed by atoms with Crippen molar-refractivity contribution in [2.45, 2.75) is 122 Å². The average molecular weight is 685 g/mol. The number of hydrogen-bond donors (Lipinski definition) is 1. The molecule has 0 aromatic heterocycles. The normalized spacial score (nSPS) is 20.7. The summed E-state index contributed by atoms with van der Waals surface area (Å²) in [6.45, 7) is 10.5. The van der Waals surface area contributed by atoms with E-state index in [9.17, 15) is 4.79 Å². The summed E-state index contributed by atoms with van der Waals surface area (Å²) in [5.41, 5.74) is 14.8. The van der Waals surface area contributed by atoms with Crippen molar-refractivity contribution in [2.75, 3.05) is 18.5 Å². The summed E-state index contributed by atoms with van der Waals surface area (Å²) in [6.07, 6.45) is 22.8. The number of unbranched alkanes of at least 4 members (excludes halogenated alkanes) is 2. The molecule has 244 valence electrons. The largest absolute Gasteiger partial charge is 0.481 e. The molecule has 2 aromatic carbocycles. The van der Waals surface area contributed by atoms with Crippen LogP contribution < -0.4 is 4.90 Å². The number of carboxylic acids is 1. The number of allylic oxidation sites excluding steroid dienone is 6. The molecule has 2 aliphatic heterocycles. The van der Waals surface area contributed by atoms with Gasteiger partial charge in [-0.1, -0.05) is 54.1 Å². The first-order valence-electron chi connectivity index (χ1n) is 17.7. The van der Waals surface area contributed by atoms with Crippen molar-refractivity contribution in [1.29, 1.82) is 0 Å². The van der Waals surface area contributed by atoms with Crippen molar-refractivity contribution >= 4 is 39.0 Å². The van der Waals surface area contributed by atoms with Crippen molar-refractivity contribution in [3.63, 3.8) is 0 Å². The number of hydrogen-bond acceptors (Lipinski definition) is 2. The minimum atomic E-state index is -0.697. The Morgan fingerprint density at radius 2 is 1.54 bits per heavy atom. The summed E-state index contributed by atoms with van der Waals surface area (Å²) in [5, 5.41) is 9.11. The Kier molecular flexibility index (Phi) is 9.54. The molecule has 46 heavy (non-hydrogen) atoms. The SMILES string of the molecule is CN1/C(=C/C=C(Br)/C=C/CC2=[N+](CCCCCC(=O)O)c3ccc4c(c3C2(C)C)CCCC4)C(C)(C)c2c1ccc1c2CCCC1. The lowest BCUT2D eigenvalue weighted by atomic mass is 9.74. The van der Waals surface area contributed by atoms with E-state index in [1.165, 1.54) is 90.8 Å². The average Bonchev–Trinajstić information content (AvgIpc) is 3.37. The summed E-state index contributed by atoms with van der Waals surface area (Å²) in [6, 6.07) is 9.45. The highest BCUT2D eigenvalue weighted by molar-refractivity contribution is 9.11. The van der Waals surface area contributed by atoms with Gasteiger partial charge in [-0.05, 0) is 124 Å². The number of aryl methyl sites for hydroxylation is 2. The zero-order valence-corrected chi connectivity index (χ0v) is 30.2. The molecule has 0 bridgehead atoms. The highest BCUT2D eigenvalue weighted by Gasteiger charge is 2.47. The fraction of sp³-hybridized carbons (Fsp3) is 0.512. The van der Waals surface area contributed by atoms with Crippen molar-refractivity contribution in [2.24, 2.45) is 0 Å². The van der Waals surface area contributed by atoms with Gasteiger partial charge in [-0.2, -0.15) is 4.58 Å². The number of likely N-dealkylation sites (N-methyl/N-ethyl adjacent to an activating group) is 1. The molecule has 6 rings (SSSR count). The topological polar surface area (TPSA) is 43.5 Å². The Hall–Kier alpha value is -2.92. The van der Waals surface area contributed by atoms with Gasteiger partial charge in [0.25, 0.3) is 0 Å². The predicted octanol–water partition coefficient (Wildman–Crippen LogP) is 10.0. The summed E-state index contributed by atoms with van der Waals surface area (Å²) < 4.78 is 3.65. The second kappa shape index (κ2) is 13.3. The Balaban J connectivity index is 1.24. The van der Waals surface area contributed by atoms with Crippen LogP contribution in [-0.2, 0) is 41.3 Å². The first-order valence-corrected chi connectivity index (χ1v) is 18.5. The lowest BCUT2D eigenvalue weighted by Crippen LogP contribution is -2.30. The van der Waals surface area contributed by atoms with Crippen LogP contribution in [0.1, 0.15) is 119 Å². The maximum Gasteiger partial charge on any atom is 0.303 e. The molecular formula is C41H52BrN2O2+. The van der Waals surface area contributed by atoms with Gasteiger partial charge in [0, 0.05) is 59.2 Å². The number of anilines is 1. The number of nitrogens with zero attached hydrogens (tertiary/aromatic N) is 2. The molecule has 2 aliphatic carbocycles. The molecule has 0 unspecified atom stereocenters. The number of aliphatic carboxylic acids is 1. The maximum absolute atomic E-state index is 11.1. The molecule has 0 saturated heterocycles. The van der Waals surface area contributed by atoms with Crippen LogP contribution in [0.25, 0.3) is 0 Å². The summed E-state index contributed by atoms with van der Waals surface area (Å²) in [5.74, 6) is -0.697. The van der Waals surface area contributed by atoms with Crippen LogP contribution in [0.4, 0.5) is 11.4 Å². The molecule has 4 aliphatic rings. The van der Waals surface area contributed by atoms with E-state index in [2.05, 4.69) is 109 Å². The second-order valence-corrected chi connectivity index (χ2v) is 15.8. The number of carboxylic acid groups (broad SMARTS) is 1. The number of halogens is 1. The van der Waals surface area contributed by atoms with Crippen LogP contribution in [0.5, 0.6) is 0 Å². The van der Waals surface area contributed by atoms with Gasteiger partial charge in [0.1, 0.15) is 6.54 Å². The van der Waals surface area contributed by atoms with E-state index < -0.39 is 5.97 Å². The minimum Gasteiger partial charge on any atom is -0.481 e. The first kappa shape index (κ1) is 33.0. The molecule has 0 saturated carbocycles. The Morgan fingerprint density at radius 1 is 0.891 bits per heavy atom. The number of fused-ring (bicyclic) bond motifs is 6. The van der Waals surface area contributed by atoms with Gasteiger partial charge in [0.05, 0.1) is 5.41 Å². The Morgan fingerprint density at radius 3 is 2.24 bits per heavy atom. The minimum absolute atomic E-state index is 0.0279. The van der Waals surface area contributed by atoms with Gasteiger partial charge in [-0.3, -0.25) is 4.79 Å². The summed E-state index contributed by atoms with van der Waals surface area (Å²) in [4.78, 5) is 13.5. The molecule has 0 spiro atoms. The van der Waals surface area contributed by atoms with E-state index in [4.69, 9.17) is 5.11 Å². The molecule has 0 atom stereocenters. The summed E-state index contributed by atoms with van der Waals surface area (Å²) >= 11 is 3.88. The van der Waals surface area contributed by atoms with E-state index in [0.29, 0.717) is 0 Å². The molecule has 0 radical (unpaired) electrons. The maximum atomic E-state index is 11.1. The summed E-state index contributed by atoms with van der Waals surface area (Å²) in [7, 11) is 2.22. The van der Waals surface area contributed by atoms with E-state index >= 15 is 0 Å². The lowest BCUT2D eigenvalue weighted by Gasteiger charge is -2.27. The van der Waals surface area contributed by atoms with Crippen molar-refractivity contribution < 1.29 is 14.5 Å². The molecule has 2 aromatic rings. The van der Waals surface area contributed by atoms with Crippen molar-refractivity contribution in [3.8, 4) is 0 Å². The third kappa shape index (κ3) is 6.09. The molecular weight excluding hydrogens is 632 g/mol. The standard InChI is InChI=1S/C41H51BrN2O2/c1-40(2)35(43(5)33-24-21-28-14-8-10-17-31(28)38(33)40)26-23-30(42)16-13-19-36-41(3,4)39-32-18-11-9-15-29(32)22-25-34(39)44(36)27-12-6-7-20-37(45)46/h13,16,21-26H,6-12,14-15,17-20,27H2,1-5H3/p+1/b16-13+,30-23-,35-26+. The molecule has 5 heteroatoms. The monoisotopic (exact) mass is 683 g/mol. The van der Waals surface area contributed by atoms with Gasteiger partial charge in [-0.25, -0.2) is 0 Å². The number of rotatable bonds is 10. The van der Waals surface area contributed by atoms with Crippen LogP contribution in [0.15, 0.2) is 58.7 Å². The quantitative estimate of drug-likeness (QED) is 0.154. The zero-order valence-electron chi connectivity index (χ0n) is 28.6. The van der Waals surface area contributed by atoms with Gasteiger partial charge in [0.15, 0.2) is 5.71 Å². The predicted molar refractivity (Wildman–Crippen MR) is 195 cm³/mol. The van der Waals surface area contributed by atoms with Crippen molar-refractivity contribution in [3.05, 3.63) is 92.1 Å². The van der Waals surface area contributed by atoms with Crippen LogP contribution in [-0.4, -0.2) is 35.0 Å². The van der Waals surface area contributed by atoms with Crippen LogP contribution >= 0.6 is 15.9 Å². The first-order chi connectivity index (χ1) is 22.0. The van der Waals surface area contributed by atoms with Crippen LogP contribution in [0, 0.1) is 0 Å². The highest BCUT2D eigenvalue weighted by atomic mass is 79.9. The van der Waals surface area contributed by atoms with Crippen LogP contribution in [0.3, 0.4) is 0 Å². The molecule has 2 heterocycles. The van der Waals surface area contributed by atoms with Gasteiger partial charge in [0.2, 0.25) is 5.69 Å².